The largest absolute Gasteiger partial charge is 0.391 e. The monoisotopic (exact) mass is 337 g/mol. The summed E-state index contributed by atoms with van der Waals surface area (Å²) in [6, 6.07) is 0.296. The van der Waals surface area contributed by atoms with Crippen molar-refractivity contribution in [2.75, 3.05) is 26.2 Å². The minimum absolute atomic E-state index is 0.0582. The number of carbonyl (C=O) groups excluding carboxylic acids is 1. The summed E-state index contributed by atoms with van der Waals surface area (Å²) in [6.45, 7) is 7.52. The molecule has 1 amide bonds. The predicted molar refractivity (Wildman–Crippen MR) is 91.8 cm³/mol. The highest BCUT2D eigenvalue weighted by Crippen LogP contribution is 2.25. The molecule has 0 aromatic carbocycles. The average molecular weight is 337 g/mol. The Bertz CT molecular complexity index is 538. The van der Waals surface area contributed by atoms with E-state index in [0.29, 0.717) is 17.7 Å². The van der Waals surface area contributed by atoms with Crippen LogP contribution in [0.2, 0.25) is 0 Å². The van der Waals surface area contributed by atoms with Crippen molar-refractivity contribution in [3.05, 3.63) is 16.1 Å². The molecule has 2 aliphatic rings. The van der Waals surface area contributed by atoms with E-state index in [9.17, 15) is 9.90 Å². The smallest absolute Gasteiger partial charge is 0.273 e. The Morgan fingerprint density at radius 1 is 1.35 bits per heavy atom. The maximum absolute atomic E-state index is 12.6. The molecule has 3 rings (SSSR count). The van der Waals surface area contributed by atoms with Crippen LogP contribution in [0, 0.1) is 5.92 Å². The number of rotatable bonds is 4. The molecule has 1 saturated heterocycles. The van der Waals surface area contributed by atoms with Gasteiger partial charge in [0.1, 0.15) is 5.69 Å². The number of piperazine rings is 1. The van der Waals surface area contributed by atoms with Crippen molar-refractivity contribution in [2.45, 2.75) is 51.7 Å². The molecule has 1 aliphatic heterocycles. The molecular formula is C17H27N3O2S. The van der Waals surface area contributed by atoms with Gasteiger partial charge in [-0.1, -0.05) is 13.8 Å². The van der Waals surface area contributed by atoms with E-state index in [1.54, 1.807) is 11.3 Å². The molecule has 0 unspecified atom stereocenters. The van der Waals surface area contributed by atoms with Gasteiger partial charge >= 0.3 is 0 Å². The summed E-state index contributed by atoms with van der Waals surface area (Å²) < 4.78 is 0. The van der Waals surface area contributed by atoms with E-state index >= 15 is 0 Å². The number of aromatic nitrogens is 1. The number of carbonyl (C=O) groups is 1. The lowest BCUT2D eigenvalue weighted by atomic mass is 10.1. The standard InChI is InChI=1S/C17H27N3O2S/c1-12(2)10-16-18-13(11-23-16)17(22)20-8-6-19(7-9-20)14-4-3-5-15(14)21/h11-12,14-15,21H,3-10H2,1-2H3/t14-,15+/m0/s1. The zero-order valence-electron chi connectivity index (χ0n) is 14.1. The summed E-state index contributed by atoms with van der Waals surface area (Å²) in [4.78, 5) is 21.4. The molecule has 23 heavy (non-hydrogen) atoms. The van der Waals surface area contributed by atoms with Gasteiger partial charge in [0.2, 0.25) is 0 Å². The summed E-state index contributed by atoms with van der Waals surface area (Å²) in [7, 11) is 0. The highest BCUT2D eigenvalue weighted by atomic mass is 32.1. The Morgan fingerprint density at radius 2 is 2.09 bits per heavy atom. The molecule has 2 atom stereocenters. The van der Waals surface area contributed by atoms with Gasteiger partial charge in [-0.15, -0.1) is 11.3 Å². The van der Waals surface area contributed by atoms with E-state index in [2.05, 4.69) is 23.7 Å². The molecule has 0 spiro atoms. The van der Waals surface area contributed by atoms with Gasteiger partial charge in [-0.3, -0.25) is 9.69 Å². The average Bonchev–Trinajstić information content (AvgIpc) is 3.15. The van der Waals surface area contributed by atoms with Crippen molar-refractivity contribution in [1.82, 2.24) is 14.8 Å². The number of aliphatic hydroxyl groups excluding tert-OH is 1. The van der Waals surface area contributed by atoms with Gasteiger partial charge < -0.3 is 10.0 Å². The van der Waals surface area contributed by atoms with Crippen molar-refractivity contribution in [3.63, 3.8) is 0 Å². The Labute approximate surface area is 142 Å². The fourth-order valence-corrected chi connectivity index (χ4v) is 4.60. The van der Waals surface area contributed by atoms with Gasteiger partial charge in [-0.05, 0) is 25.2 Å². The van der Waals surface area contributed by atoms with E-state index < -0.39 is 0 Å². The first-order valence-electron chi connectivity index (χ1n) is 8.70. The SMILES string of the molecule is CC(C)Cc1nc(C(=O)N2CCN([C@H]3CCC[C@H]3O)CC2)cs1. The Morgan fingerprint density at radius 3 is 2.70 bits per heavy atom. The number of hydrogen-bond donors (Lipinski definition) is 1. The number of hydrogen-bond acceptors (Lipinski definition) is 5. The first kappa shape index (κ1) is 16.9. The van der Waals surface area contributed by atoms with E-state index in [4.69, 9.17) is 0 Å². The van der Waals surface area contributed by atoms with E-state index in [1.165, 1.54) is 0 Å². The van der Waals surface area contributed by atoms with Crippen molar-refractivity contribution in [3.8, 4) is 0 Å². The van der Waals surface area contributed by atoms with Crippen LogP contribution in [0.25, 0.3) is 0 Å². The lowest BCUT2D eigenvalue weighted by Gasteiger charge is -2.38. The number of aliphatic hydroxyl groups is 1. The van der Waals surface area contributed by atoms with Gasteiger partial charge in [0, 0.05) is 44.0 Å². The molecule has 1 saturated carbocycles. The fraction of sp³-hybridized carbons (Fsp3) is 0.765. The molecule has 2 fully saturated rings. The Hall–Kier alpha value is -0.980. The lowest BCUT2D eigenvalue weighted by molar-refractivity contribution is 0.0313. The third kappa shape index (κ3) is 3.92. The van der Waals surface area contributed by atoms with Crippen molar-refractivity contribution < 1.29 is 9.90 Å². The summed E-state index contributed by atoms with van der Waals surface area (Å²) in [5.41, 5.74) is 0.597. The van der Waals surface area contributed by atoms with Crippen molar-refractivity contribution in [1.29, 1.82) is 0 Å². The van der Waals surface area contributed by atoms with Crippen LogP contribution < -0.4 is 0 Å². The van der Waals surface area contributed by atoms with Crippen LogP contribution >= 0.6 is 11.3 Å². The third-order valence-corrected chi connectivity index (χ3v) is 5.74. The summed E-state index contributed by atoms with van der Waals surface area (Å²) in [6.07, 6.45) is 3.86. The molecule has 1 N–H and O–H groups in total. The molecule has 1 aromatic rings. The molecule has 1 aliphatic carbocycles. The van der Waals surface area contributed by atoms with Crippen molar-refractivity contribution in [2.24, 2.45) is 5.92 Å². The van der Waals surface area contributed by atoms with Crippen LogP contribution in [0.3, 0.4) is 0 Å². The maximum atomic E-state index is 12.6. The van der Waals surface area contributed by atoms with Crippen LogP contribution in [0.4, 0.5) is 0 Å². The lowest BCUT2D eigenvalue weighted by Crippen LogP contribution is -2.53. The second kappa shape index (κ2) is 7.28. The second-order valence-electron chi connectivity index (χ2n) is 7.12. The minimum atomic E-state index is -0.186. The Kier molecular flexibility index (Phi) is 5.34. The first-order valence-corrected chi connectivity index (χ1v) is 9.58. The molecule has 0 radical (unpaired) electrons. The molecule has 128 valence electrons. The predicted octanol–water partition coefficient (Wildman–Crippen LogP) is 2.01. The molecule has 2 heterocycles. The van der Waals surface area contributed by atoms with Gasteiger partial charge in [-0.2, -0.15) is 0 Å². The molecule has 5 nitrogen and oxygen atoms in total. The van der Waals surface area contributed by atoms with Crippen LogP contribution in [-0.2, 0) is 6.42 Å². The van der Waals surface area contributed by atoms with Gasteiger partial charge in [0.05, 0.1) is 11.1 Å². The van der Waals surface area contributed by atoms with Crippen LogP contribution in [-0.4, -0.2) is 64.1 Å². The zero-order valence-corrected chi connectivity index (χ0v) is 14.9. The minimum Gasteiger partial charge on any atom is -0.391 e. The normalized spacial score (nSPS) is 26.2. The third-order valence-electron chi connectivity index (χ3n) is 4.87. The van der Waals surface area contributed by atoms with Crippen LogP contribution in [0.1, 0.15) is 48.6 Å². The Balaban J connectivity index is 1.54. The van der Waals surface area contributed by atoms with Crippen LogP contribution in [0.5, 0.6) is 0 Å². The molecule has 1 aromatic heterocycles. The quantitative estimate of drug-likeness (QED) is 0.913. The molecule has 0 bridgehead atoms. The topological polar surface area (TPSA) is 56.7 Å². The maximum Gasteiger partial charge on any atom is 0.273 e. The summed E-state index contributed by atoms with van der Waals surface area (Å²) >= 11 is 1.59. The highest BCUT2D eigenvalue weighted by molar-refractivity contribution is 7.09. The van der Waals surface area contributed by atoms with E-state index in [0.717, 1.165) is 56.9 Å². The number of thiazole rings is 1. The van der Waals surface area contributed by atoms with E-state index in [1.807, 2.05) is 10.3 Å². The van der Waals surface area contributed by atoms with Gasteiger partial charge in [0.25, 0.3) is 5.91 Å². The van der Waals surface area contributed by atoms with Gasteiger partial charge in [0.15, 0.2) is 0 Å². The van der Waals surface area contributed by atoms with Crippen LogP contribution in [0.15, 0.2) is 5.38 Å². The number of nitrogens with zero attached hydrogens (tertiary/aromatic N) is 3. The fourth-order valence-electron chi connectivity index (χ4n) is 3.62. The first-order chi connectivity index (χ1) is 11.0. The molecule has 6 heteroatoms. The van der Waals surface area contributed by atoms with E-state index in [-0.39, 0.29) is 12.0 Å². The van der Waals surface area contributed by atoms with Crippen molar-refractivity contribution >= 4 is 17.2 Å². The zero-order chi connectivity index (χ0) is 16.4. The molecular weight excluding hydrogens is 310 g/mol. The number of amides is 1. The van der Waals surface area contributed by atoms with Gasteiger partial charge in [-0.25, -0.2) is 4.98 Å². The summed E-state index contributed by atoms with van der Waals surface area (Å²) in [5.74, 6) is 0.619. The summed E-state index contributed by atoms with van der Waals surface area (Å²) in [5, 5.41) is 13.0. The highest BCUT2D eigenvalue weighted by Gasteiger charge is 2.33. The second-order valence-corrected chi connectivity index (χ2v) is 8.06.